The van der Waals surface area contributed by atoms with Crippen molar-refractivity contribution in [3.63, 3.8) is 0 Å². The molecule has 0 radical (unpaired) electrons. The number of nitrogens with one attached hydrogen (secondary N) is 1. The van der Waals surface area contributed by atoms with E-state index in [4.69, 9.17) is 5.26 Å². The molecule has 9 nitrogen and oxygen atoms in total. The van der Waals surface area contributed by atoms with Crippen molar-refractivity contribution >= 4 is 22.6 Å². The largest absolute Gasteiger partial charge is 0.355 e. The Kier molecular flexibility index (Phi) is 3.50. The molecule has 4 heterocycles. The smallest absolute Gasteiger partial charge is 0.179 e. The molecular weight excluding hydrogens is 342 g/mol. The predicted molar refractivity (Wildman–Crippen MR) is 98.2 cm³/mol. The summed E-state index contributed by atoms with van der Waals surface area (Å²) in [5.41, 5.74) is 2.94. The highest BCUT2D eigenvalue weighted by Crippen LogP contribution is 2.37. The second-order valence-electron chi connectivity index (χ2n) is 6.87. The van der Waals surface area contributed by atoms with Gasteiger partial charge in [-0.3, -0.25) is 4.40 Å². The third kappa shape index (κ3) is 2.49. The van der Waals surface area contributed by atoms with E-state index >= 15 is 0 Å². The molecule has 2 atom stereocenters. The quantitative estimate of drug-likeness (QED) is 0.595. The molecule has 4 aromatic rings. The number of hydrogen-bond acceptors (Lipinski definition) is 7. The summed E-state index contributed by atoms with van der Waals surface area (Å²) in [4.78, 5) is 18.2. The average Bonchev–Trinajstić information content (AvgIpc) is 3.44. The van der Waals surface area contributed by atoms with Crippen LogP contribution in [-0.4, -0.2) is 47.6 Å². The van der Waals surface area contributed by atoms with E-state index in [1.807, 2.05) is 25.4 Å². The lowest BCUT2D eigenvalue weighted by Gasteiger charge is -2.25. The maximum absolute atomic E-state index is 8.88. The highest BCUT2D eigenvalue weighted by Gasteiger charge is 2.32. The molecule has 0 aliphatic heterocycles. The lowest BCUT2D eigenvalue weighted by atomic mass is 10.1. The average molecular weight is 359 g/mol. The molecule has 0 aromatic carbocycles. The van der Waals surface area contributed by atoms with Crippen molar-refractivity contribution in [3.05, 3.63) is 42.4 Å². The van der Waals surface area contributed by atoms with Crippen LogP contribution in [0.5, 0.6) is 0 Å². The van der Waals surface area contributed by atoms with Gasteiger partial charge in [0.05, 0.1) is 24.1 Å². The first-order valence-electron chi connectivity index (χ1n) is 8.86. The molecule has 1 aliphatic rings. The minimum Gasteiger partial charge on any atom is -0.355 e. The van der Waals surface area contributed by atoms with Crippen LogP contribution < -0.4 is 4.90 Å². The number of nitriles is 1. The van der Waals surface area contributed by atoms with Gasteiger partial charge in [0.25, 0.3) is 0 Å². The number of H-pyrrole nitrogens is 1. The maximum atomic E-state index is 8.88. The van der Waals surface area contributed by atoms with Gasteiger partial charge in [-0.25, -0.2) is 15.0 Å². The molecule has 134 valence electrons. The van der Waals surface area contributed by atoms with Gasteiger partial charge in [0.1, 0.15) is 17.7 Å². The second-order valence-corrected chi connectivity index (χ2v) is 6.87. The lowest BCUT2D eigenvalue weighted by Crippen LogP contribution is -2.30. The number of anilines is 1. The van der Waals surface area contributed by atoms with Gasteiger partial charge in [0.2, 0.25) is 0 Å². The van der Waals surface area contributed by atoms with Crippen LogP contribution in [0.1, 0.15) is 36.7 Å². The number of fused-ring (bicyclic) bond motifs is 3. The molecule has 1 saturated carbocycles. The van der Waals surface area contributed by atoms with E-state index < -0.39 is 0 Å². The summed E-state index contributed by atoms with van der Waals surface area (Å²) in [7, 11) is 2.03. The summed E-state index contributed by atoms with van der Waals surface area (Å²) >= 11 is 0. The Morgan fingerprint density at radius 1 is 1.19 bits per heavy atom. The summed E-state index contributed by atoms with van der Waals surface area (Å²) in [5.74, 6) is 2.08. The van der Waals surface area contributed by atoms with Crippen molar-refractivity contribution in [1.82, 2.24) is 34.5 Å². The molecule has 4 aromatic heterocycles. The first-order valence-corrected chi connectivity index (χ1v) is 8.86. The van der Waals surface area contributed by atoms with Gasteiger partial charge in [-0.05, 0) is 25.3 Å². The van der Waals surface area contributed by atoms with Gasteiger partial charge in [-0.1, -0.05) is 0 Å². The van der Waals surface area contributed by atoms with Crippen LogP contribution >= 0.6 is 0 Å². The van der Waals surface area contributed by atoms with E-state index in [-0.39, 0.29) is 0 Å². The summed E-state index contributed by atoms with van der Waals surface area (Å²) in [5, 5.41) is 17.7. The normalized spacial score (nSPS) is 19.6. The number of hydrogen-bond donors (Lipinski definition) is 1. The minimum atomic E-state index is 0.319. The fourth-order valence-corrected chi connectivity index (χ4v) is 3.95. The molecule has 1 N–H and O–H groups in total. The third-order valence-corrected chi connectivity index (χ3v) is 5.40. The van der Waals surface area contributed by atoms with Gasteiger partial charge < -0.3 is 9.88 Å². The first kappa shape index (κ1) is 15.7. The zero-order valence-electron chi connectivity index (χ0n) is 14.7. The van der Waals surface area contributed by atoms with Crippen LogP contribution in [0.3, 0.4) is 0 Å². The van der Waals surface area contributed by atoms with Gasteiger partial charge >= 0.3 is 0 Å². The summed E-state index contributed by atoms with van der Waals surface area (Å²) < 4.78 is 2.10. The van der Waals surface area contributed by atoms with Crippen LogP contribution in [0.4, 0.5) is 5.82 Å². The van der Waals surface area contributed by atoms with Crippen molar-refractivity contribution in [2.24, 2.45) is 0 Å². The Bertz CT molecular complexity index is 1150. The van der Waals surface area contributed by atoms with E-state index in [1.165, 1.54) is 6.20 Å². The summed E-state index contributed by atoms with van der Waals surface area (Å²) in [6, 6.07) is 4.35. The molecule has 0 unspecified atom stereocenters. The van der Waals surface area contributed by atoms with Crippen molar-refractivity contribution < 1.29 is 0 Å². The van der Waals surface area contributed by atoms with Crippen LogP contribution in [0.15, 0.2) is 30.9 Å². The van der Waals surface area contributed by atoms with E-state index in [1.54, 1.807) is 12.4 Å². The fraction of sp³-hybridized carbons (Fsp3) is 0.333. The monoisotopic (exact) mass is 359 g/mol. The topological polar surface area (TPSA) is 112 Å². The molecular formula is C18H17N9. The first-order chi connectivity index (χ1) is 13.2. The molecule has 9 heteroatoms. The Morgan fingerprint density at radius 3 is 2.93 bits per heavy atom. The van der Waals surface area contributed by atoms with E-state index in [0.717, 1.165) is 47.7 Å². The van der Waals surface area contributed by atoms with Crippen LogP contribution in [0.2, 0.25) is 0 Å². The van der Waals surface area contributed by atoms with Crippen molar-refractivity contribution in [1.29, 1.82) is 5.26 Å². The van der Waals surface area contributed by atoms with Gasteiger partial charge in [0, 0.05) is 25.2 Å². The van der Waals surface area contributed by atoms with Crippen molar-refractivity contribution in [3.8, 4) is 6.07 Å². The van der Waals surface area contributed by atoms with Crippen molar-refractivity contribution in [2.75, 3.05) is 11.9 Å². The maximum Gasteiger partial charge on any atom is 0.179 e. The van der Waals surface area contributed by atoms with Gasteiger partial charge in [-0.2, -0.15) is 5.26 Å². The minimum absolute atomic E-state index is 0.319. The number of aromatic nitrogens is 7. The third-order valence-electron chi connectivity index (χ3n) is 5.40. The number of aromatic amines is 1. The highest BCUT2D eigenvalue weighted by atomic mass is 15.3. The van der Waals surface area contributed by atoms with E-state index in [0.29, 0.717) is 17.7 Å². The summed E-state index contributed by atoms with van der Waals surface area (Å²) in [6.45, 7) is 0. The lowest BCUT2D eigenvalue weighted by molar-refractivity contribution is 0.612. The fourth-order valence-electron chi connectivity index (χ4n) is 3.95. The second kappa shape index (κ2) is 6.02. The van der Waals surface area contributed by atoms with Gasteiger partial charge in [-0.15, -0.1) is 10.2 Å². The Labute approximate surface area is 154 Å². The molecule has 0 bridgehead atoms. The van der Waals surface area contributed by atoms with Crippen LogP contribution in [0, 0.1) is 11.3 Å². The molecule has 27 heavy (non-hydrogen) atoms. The predicted octanol–water partition coefficient (Wildman–Crippen LogP) is 2.04. The zero-order chi connectivity index (χ0) is 18.4. The van der Waals surface area contributed by atoms with Crippen molar-refractivity contribution in [2.45, 2.75) is 31.2 Å². The number of rotatable bonds is 3. The van der Waals surface area contributed by atoms with E-state index in [2.05, 4.69) is 39.4 Å². The zero-order valence-corrected chi connectivity index (χ0v) is 14.7. The standard InChI is InChI=1S/C18H17N9/c1-26(15-9-21-12(7-19)8-22-15)13-3-2-11(6-13)18-25-24-16-10-23-17-14(27(16)18)4-5-20-17/h4-5,8-11,13,20H,2-3,6H2,1H3/t11-,13+/m1/s1. The van der Waals surface area contributed by atoms with Gasteiger partial charge in [0.15, 0.2) is 17.0 Å². The SMILES string of the molecule is CN(c1cnc(C#N)cn1)[C@H]1CC[C@@H](c2nnc3cnc4[nH]ccc4n23)C1. The number of nitrogens with zero attached hydrogens (tertiary/aromatic N) is 8. The van der Waals surface area contributed by atoms with Crippen LogP contribution in [-0.2, 0) is 0 Å². The molecule has 1 aliphatic carbocycles. The molecule has 0 spiro atoms. The molecule has 0 saturated heterocycles. The molecule has 1 fully saturated rings. The van der Waals surface area contributed by atoms with Crippen LogP contribution in [0.25, 0.3) is 16.8 Å². The Morgan fingerprint density at radius 2 is 2.11 bits per heavy atom. The summed E-state index contributed by atoms with van der Waals surface area (Å²) in [6.07, 6.45) is 9.85. The van der Waals surface area contributed by atoms with E-state index in [9.17, 15) is 0 Å². The molecule has 0 amide bonds. The highest BCUT2D eigenvalue weighted by molar-refractivity contribution is 5.74. The Balaban J connectivity index is 1.43. The Hall–Kier alpha value is -3.54. The molecule has 5 rings (SSSR count).